The summed E-state index contributed by atoms with van der Waals surface area (Å²) in [4.78, 5) is 5.55. The summed E-state index contributed by atoms with van der Waals surface area (Å²) in [5.74, 6) is 1.10. The molecule has 0 bridgehead atoms. The molecule has 1 atom stereocenters. The topological polar surface area (TPSA) is 16.8 Å². The summed E-state index contributed by atoms with van der Waals surface area (Å²) in [6.45, 7) is 2.01. The number of fused-ring (bicyclic) bond motifs is 1. The van der Waals surface area contributed by atoms with E-state index in [-0.39, 0.29) is 0 Å². The van der Waals surface area contributed by atoms with Gasteiger partial charge in [-0.05, 0) is 19.1 Å². The van der Waals surface area contributed by atoms with E-state index in [1.807, 2.05) is 25.2 Å². The van der Waals surface area contributed by atoms with E-state index in [0.717, 1.165) is 11.5 Å². The SMILES string of the molecule is CC1=C[NH+]2C=CC=CC2=N1. The van der Waals surface area contributed by atoms with Crippen LogP contribution >= 0.6 is 0 Å². The van der Waals surface area contributed by atoms with E-state index < -0.39 is 0 Å². The van der Waals surface area contributed by atoms with Crippen molar-refractivity contribution in [2.45, 2.75) is 6.92 Å². The molecule has 0 saturated heterocycles. The van der Waals surface area contributed by atoms with Gasteiger partial charge in [0.2, 0.25) is 5.84 Å². The van der Waals surface area contributed by atoms with Gasteiger partial charge >= 0.3 is 0 Å². The summed E-state index contributed by atoms with van der Waals surface area (Å²) in [5, 5.41) is 0. The molecule has 0 spiro atoms. The summed E-state index contributed by atoms with van der Waals surface area (Å²) < 4.78 is 0. The summed E-state index contributed by atoms with van der Waals surface area (Å²) >= 11 is 0. The molecule has 0 amide bonds. The highest BCUT2D eigenvalue weighted by Crippen LogP contribution is 1.98. The third-order valence-corrected chi connectivity index (χ3v) is 1.60. The smallest absolute Gasteiger partial charge is 0.232 e. The molecule has 2 rings (SSSR count). The highest BCUT2D eigenvalue weighted by molar-refractivity contribution is 5.88. The van der Waals surface area contributed by atoms with E-state index in [9.17, 15) is 0 Å². The molecule has 2 heteroatoms. The first kappa shape index (κ1) is 5.62. The first-order valence-corrected chi connectivity index (χ1v) is 3.35. The quantitative estimate of drug-likeness (QED) is 0.487. The van der Waals surface area contributed by atoms with Gasteiger partial charge in [-0.3, -0.25) is 0 Å². The fraction of sp³-hybridized carbons (Fsp3) is 0.125. The van der Waals surface area contributed by atoms with Crippen LogP contribution in [-0.2, 0) is 0 Å². The van der Waals surface area contributed by atoms with Crippen molar-refractivity contribution in [3.8, 4) is 0 Å². The Labute approximate surface area is 59.9 Å². The summed E-state index contributed by atoms with van der Waals surface area (Å²) in [5.41, 5.74) is 1.10. The Morgan fingerprint density at radius 1 is 1.40 bits per heavy atom. The Morgan fingerprint density at radius 3 is 3.10 bits per heavy atom. The number of allylic oxidation sites excluding steroid dienone is 3. The Hall–Kier alpha value is -1.15. The summed E-state index contributed by atoms with van der Waals surface area (Å²) in [7, 11) is 0. The van der Waals surface area contributed by atoms with Crippen molar-refractivity contribution in [2.24, 2.45) is 4.99 Å². The molecule has 2 aliphatic rings. The van der Waals surface area contributed by atoms with Crippen LogP contribution in [0.4, 0.5) is 0 Å². The van der Waals surface area contributed by atoms with E-state index in [1.165, 1.54) is 4.90 Å². The Morgan fingerprint density at radius 2 is 2.30 bits per heavy atom. The molecule has 0 radical (unpaired) electrons. The number of rotatable bonds is 0. The molecule has 1 unspecified atom stereocenters. The average molecular weight is 133 g/mol. The lowest BCUT2D eigenvalue weighted by atomic mass is 10.3. The van der Waals surface area contributed by atoms with Gasteiger partial charge in [0.25, 0.3) is 0 Å². The van der Waals surface area contributed by atoms with Crippen molar-refractivity contribution in [3.63, 3.8) is 0 Å². The minimum atomic E-state index is 1.10. The molecule has 50 valence electrons. The first-order chi connectivity index (χ1) is 4.86. The van der Waals surface area contributed by atoms with Crippen LogP contribution in [0.1, 0.15) is 6.92 Å². The molecule has 2 nitrogen and oxygen atoms in total. The van der Waals surface area contributed by atoms with Crippen LogP contribution in [0.2, 0.25) is 0 Å². The van der Waals surface area contributed by atoms with Gasteiger partial charge < -0.3 is 0 Å². The molecule has 0 aromatic heterocycles. The molecule has 2 heterocycles. The third-order valence-electron chi connectivity index (χ3n) is 1.60. The van der Waals surface area contributed by atoms with Gasteiger partial charge in [0.05, 0.1) is 5.70 Å². The van der Waals surface area contributed by atoms with E-state index in [2.05, 4.69) is 17.4 Å². The second kappa shape index (κ2) is 1.92. The number of hydrogen-bond donors (Lipinski definition) is 1. The van der Waals surface area contributed by atoms with Gasteiger partial charge in [0.15, 0.2) is 0 Å². The van der Waals surface area contributed by atoms with Gasteiger partial charge in [0, 0.05) is 6.08 Å². The lowest BCUT2D eigenvalue weighted by molar-refractivity contribution is -0.679. The van der Waals surface area contributed by atoms with Gasteiger partial charge in [-0.2, -0.15) is 4.99 Å². The van der Waals surface area contributed by atoms with Gasteiger partial charge in [-0.15, -0.1) is 0 Å². The lowest BCUT2D eigenvalue weighted by Crippen LogP contribution is -3.04. The molecule has 0 aromatic carbocycles. The molecule has 0 aromatic rings. The molecular formula is C8H9N2+. The van der Waals surface area contributed by atoms with E-state index in [1.54, 1.807) is 0 Å². The highest BCUT2D eigenvalue weighted by Gasteiger charge is 2.17. The number of hydrogen-bond acceptors (Lipinski definition) is 1. The largest absolute Gasteiger partial charge is 0.235 e. The molecule has 1 N–H and O–H groups in total. The van der Waals surface area contributed by atoms with Crippen LogP contribution in [0.15, 0.2) is 41.3 Å². The monoisotopic (exact) mass is 133 g/mol. The zero-order valence-electron chi connectivity index (χ0n) is 5.83. The normalized spacial score (nSPS) is 27.9. The van der Waals surface area contributed by atoms with Gasteiger partial charge in [0.1, 0.15) is 12.4 Å². The van der Waals surface area contributed by atoms with Crippen LogP contribution in [0.25, 0.3) is 0 Å². The molecular weight excluding hydrogens is 124 g/mol. The Bertz CT molecular complexity index is 269. The van der Waals surface area contributed by atoms with Crippen LogP contribution in [0.3, 0.4) is 0 Å². The lowest BCUT2D eigenvalue weighted by Gasteiger charge is -2.04. The minimum absolute atomic E-state index is 1.10. The molecule has 2 aliphatic heterocycles. The van der Waals surface area contributed by atoms with Crippen molar-refractivity contribution in [2.75, 3.05) is 0 Å². The van der Waals surface area contributed by atoms with Crippen molar-refractivity contribution in [1.29, 1.82) is 0 Å². The van der Waals surface area contributed by atoms with Crippen LogP contribution in [0.5, 0.6) is 0 Å². The van der Waals surface area contributed by atoms with Gasteiger partial charge in [-0.25, -0.2) is 4.90 Å². The fourth-order valence-corrected chi connectivity index (χ4v) is 1.16. The number of nitrogens with zero attached hydrogens (tertiary/aromatic N) is 1. The maximum atomic E-state index is 4.31. The molecule has 0 aliphatic carbocycles. The second-order valence-corrected chi connectivity index (χ2v) is 2.46. The highest BCUT2D eigenvalue weighted by atomic mass is 15.2. The van der Waals surface area contributed by atoms with Crippen molar-refractivity contribution < 1.29 is 4.90 Å². The zero-order valence-corrected chi connectivity index (χ0v) is 5.83. The Balaban J connectivity index is 2.40. The Kier molecular flexibility index (Phi) is 1.08. The fourth-order valence-electron chi connectivity index (χ4n) is 1.16. The van der Waals surface area contributed by atoms with E-state index in [4.69, 9.17) is 0 Å². The molecule has 10 heavy (non-hydrogen) atoms. The number of aliphatic imine (C=N–C) groups is 1. The number of amidine groups is 1. The van der Waals surface area contributed by atoms with Crippen LogP contribution < -0.4 is 4.90 Å². The maximum Gasteiger partial charge on any atom is 0.235 e. The van der Waals surface area contributed by atoms with Crippen molar-refractivity contribution >= 4 is 5.84 Å². The van der Waals surface area contributed by atoms with E-state index >= 15 is 0 Å². The first-order valence-electron chi connectivity index (χ1n) is 3.35. The average Bonchev–Trinajstić information content (AvgIpc) is 2.27. The standard InChI is InChI=1S/C8H8N2/c1-7-6-10-5-3-2-4-8(10)9-7/h2-6H,1H3/p+1. The van der Waals surface area contributed by atoms with Crippen molar-refractivity contribution in [3.05, 3.63) is 36.3 Å². The number of quaternary nitrogens is 1. The van der Waals surface area contributed by atoms with Crippen LogP contribution in [0, 0.1) is 0 Å². The van der Waals surface area contributed by atoms with Crippen molar-refractivity contribution in [1.82, 2.24) is 0 Å². The predicted octanol–water partition coefficient (Wildman–Crippen LogP) is 0.228. The van der Waals surface area contributed by atoms with E-state index in [0.29, 0.717) is 0 Å². The molecule has 0 saturated carbocycles. The predicted molar refractivity (Wildman–Crippen MR) is 40.4 cm³/mol. The molecule has 0 fully saturated rings. The van der Waals surface area contributed by atoms with Crippen LogP contribution in [-0.4, -0.2) is 5.84 Å². The van der Waals surface area contributed by atoms with Gasteiger partial charge in [-0.1, -0.05) is 0 Å². The maximum absolute atomic E-state index is 4.31. The summed E-state index contributed by atoms with van der Waals surface area (Å²) in [6, 6.07) is 0. The minimum Gasteiger partial charge on any atom is -0.232 e. The third kappa shape index (κ3) is 0.736. The second-order valence-electron chi connectivity index (χ2n) is 2.46. The zero-order chi connectivity index (χ0) is 6.97. The summed E-state index contributed by atoms with van der Waals surface area (Å²) in [6.07, 6.45) is 10.2. The number of nitrogens with one attached hydrogen (secondary N) is 1.